The molecule has 2 rings (SSSR count). The van der Waals surface area contributed by atoms with E-state index in [0.29, 0.717) is 5.69 Å². The highest BCUT2D eigenvalue weighted by Gasteiger charge is 2.25. The zero-order valence-corrected chi connectivity index (χ0v) is 9.14. The van der Waals surface area contributed by atoms with Gasteiger partial charge in [0.1, 0.15) is 5.75 Å². The Balaban J connectivity index is 2.14. The van der Waals surface area contributed by atoms with Crippen molar-refractivity contribution >= 4 is 17.6 Å². The van der Waals surface area contributed by atoms with E-state index in [1.54, 1.807) is 0 Å². The summed E-state index contributed by atoms with van der Waals surface area (Å²) in [5, 5.41) is 20.8. The number of aromatic carboxylic acids is 1. The van der Waals surface area contributed by atoms with Gasteiger partial charge in [-0.1, -0.05) is 6.42 Å². The maximum absolute atomic E-state index is 11.6. The lowest BCUT2D eigenvalue weighted by Gasteiger charge is -2.24. The van der Waals surface area contributed by atoms with E-state index in [0.717, 1.165) is 25.3 Å². The van der Waals surface area contributed by atoms with Gasteiger partial charge in [-0.25, -0.2) is 4.79 Å². The number of phenolic OH excluding ortho intramolecular Hbond substituents is 1. The molecule has 1 saturated carbocycles. The monoisotopic (exact) mass is 235 g/mol. The van der Waals surface area contributed by atoms with E-state index in [9.17, 15) is 14.7 Å². The lowest BCUT2D eigenvalue weighted by Crippen LogP contribution is -2.28. The Bertz CT molecular complexity index is 466. The summed E-state index contributed by atoms with van der Waals surface area (Å²) in [5.74, 6) is -1.40. The van der Waals surface area contributed by atoms with Gasteiger partial charge in [-0.05, 0) is 25.0 Å². The second kappa shape index (κ2) is 4.45. The van der Waals surface area contributed by atoms with Crippen molar-refractivity contribution in [2.24, 2.45) is 5.92 Å². The summed E-state index contributed by atoms with van der Waals surface area (Å²) in [4.78, 5) is 22.4. The number of benzene rings is 1. The number of phenols is 1. The van der Waals surface area contributed by atoms with Crippen LogP contribution in [0.2, 0.25) is 0 Å². The van der Waals surface area contributed by atoms with Crippen molar-refractivity contribution in [2.75, 3.05) is 5.32 Å². The van der Waals surface area contributed by atoms with E-state index in [4.69, 9.17) is 5.11 Å². The molecule has 5 heteroatoms. The van der Waals surface area contributed by atoms with Crippen LogP contribution >= 0.6 is 0 Å². The molecule has 0 aliphatic heterocycles. The number of carbonyl (C=O) groups excluding carboxylic acids is 1. The van der Waals surface area contributed by atoms with Crippen LogP contribution in [0.1, 0.15) is 29.6 Å². The first-order chi connectivity index (χ1) is 8.06. The number of hydrogen-bond acceptors (Lipinski definition) is 3. The first-order valence-corrected chi connectivity index (χ1v) is 5.44. The van der Waals surface area contributed by atoms with Crippen LogP contribution in [-0.2, 0) is 4.79 Å². The van der Waals surface area contributed by atoms with Crippen LogP contribution in [0, 0.1) is 5.92 Å². The molecule has 0 heterocycles. The molecule has 1 aromatic rings. The molecule has 17 heavy (non-hydrogen) atoms. The maximum atomic E-state index is 11.6. The first kappa shape index (κ1) is 11.4. The van der Waals surface area contributed by atoms with Gasteiger partial charge in [-0.15, -0.1) is 0 Å². The van der Waals surface area contributed by atoms with Crippen LogP contribution in [0.25, 0.3) is 0 Å². The van der Waals surface area contributed by atoms with Gasteiger partial charge < -0.3 is 15.5 Å². The zero-order valence-electron chi connectivity index (χ0n) is 9.14. The number of hydrogen-bond donors (Lipinski definition) is 3. The highest BCUT2D eigenvalue weighted by Crippen LogP contribution is 2.28. The number of amides is 1. The minimum atomic E-state index is -1.14. The molecule has 0 aromatic heterocycles. The number of anilines is 1. The summed E-state index contributed by atoms with van der Waals surface area (Å²) in [5.41, 5.74) is 0.271. The molecule has 5 nitrogen and oxygen atoms in total. The smallest absolute Gasteiger partial charge is 0.335 e. The summed E-state index contributed by atoms with van der Waals surface area (Å²) in [6, 6.07) is 3.81. The molecule has 1 fully saturated rings. The van der Waals surface area contributed by atoms with E-state index in [1.165, 1.54) is 12.1 Å². The SMILES string of the molecule is O=C(O)c1cc(O)cc(NC(=O)C2CCC2)c1. The number of rotatable bonds is 3. The molecule has 1 aliphatic carbocycles. The van der Waals surface area contributed by atoms with Crippen molar-refractivity contribution in [3.63, 3.8) is 0 Å². The van der Waals surface area contributed by atoms with Crippen molar-refractivity contribution in [1.29, 1.82) is 0 Å². The van der Waals surface area contributed by atoms with E-state index < -0.39 is 5.97 Å². The van der Waals surface area contributed by atoms with E-state index >= 15 is 0 Å². The zero-order chi connectivity index (χ0) is 12.4. The molecule has 0 atom stereocenters. The van der Waals surface area contributed by atoms with Crippen molar-refractivity contribution in [3.8, 4) is 5.75 Å². The number of aromatic hydroxyl groups is 1. The number of carboxylic acids is 1. The Morgan fingerprint density at radius 1 is 1.24 bits per heavy atom. The lowest BCUT2D eigenvalue weighted by atomic mass is 9.85. The molecule has 1 aliphatic rings. The molecule has 1 aromatic carbocycles. The number of carbonyl (C=O) groups is 2. The van der Waals surface area contributed by atoms with Gasteiger partial charge in [-0.2, -0.15) is 0 Å². The Labute approximate surface area is 98.1 Å². The second-order valence-electron chi connectivity index (χ2n) is 4.19. The van der Waals surface area contributed by atoms with Gasteiger partial charge >= 0.3 is 5.97 Å². The van der Waals surface area contributed by atoms with Gasteiger partial charge in [0.2, 0.25) is 5.91 Å². The minimum Gasteiger partial charge on any atom is -0.508 e. The number of carboxylic acid groups (broad SMARTS) is 1. The van der Waals surface area contributed by atoms with Gasteiger partial charge in [0.25, 0.3) is 0 Å². The topological polar surface area (TPSA) is 86.6 Å². The quantitative estimate of drug-likeness (QED) is 0.745. The summed E-state index contributed by atoms with van der Waals surface area (Å²) < 4.78 is 0. The molecule has 90 valence electrons. The highest BCUT2D eigenvalue weighted by molar-refractivity contribution is 5.95. The Morgan fingerprint density at radius 3 is 2.47 bits per heavy atom. The fourth-order valence-corrected chi connectivity index (χ4v) is 1.72. The Morgan fingerprint density at radius 2 is 1.94 bits per heavy atom. The summed E-state index contributed by atoms with van der Waals surface area (Å²) in [7, 11) is 0. The third kappa shape index (κ3) is 2.55. The summed E-state index contributed by atoms with van der Waals surface area (Å²) >= 11 is 0. The first-order valence-electron chi connectivity index (χ1n) is 5.44. The maximum Gasteiger partial charge on any atom is 0.335 e. The fourth-order valence-electron chi connectivity index (χ4n) is 1.72. The van der Waals surface area contributed by atoms with E-state index in [-0.39, 0.29) is 23.1 Å². The second-order valence-corrected chi connectivity index (χ2v) is 4.19. The molecule has 0 radical (unpaired) electrons. The molecule has 0 saturated heterocycles. The van der Waals surface area contributed by atoms with Crippen molar-refractivity contribution in [1.82, 2.24) is 0 Å². The molecule has 0 unspecified atom stereocenters. The van der Waals surface area contributed by atoms with Gasteiger partial charge in [0.15, 0.2) is 0 Å². The van der Waals surface area contributed by atoms with Gasteiger partial charge in [-0.3, -0.25) is 4.79 Å². The van der Waals surface area contributed by atoms with Crippen LogP contribution < -0.4 is 5.32 Å². The molecular formula is C12H13NO4. The van der Waals surface area contributed by atoms with Crippen molar-refractivity contribution < 1.29 is 19.8 Å². The molecular weight excluding hydrogens is 222 g/mol. The van der Waals surface area contributed by atoms with E-state index in [2.05, 4.69) is 5.32 Å². The van der Waals surface area contributed by atoms with Crippen molar-refractivity contribution in [2.45, 2.75) is 19.3 Å². The molecule has 3 N–H and O–H groups in total. The van der Waals surface area contributed by atoms with Crippen molar-refractivity contribution in [3.05, 3.63) is 23.8 Å². The number of nitrogens with one attached hydrogen (secondary N) is 1. The van der Waals surface area contributed by atoms with Crippen LogP contribution in [0.4, 0.5) is 5.69 Å². The molecule has 1 amide bonds. The average Bonchev–Trinajstić information content (AvgIpc) is 2.13. The fraction of sp³-hybridized carbons (Fsp3) is 0.333. The van der Waals surface area contributed by atoms with Gasteiger partial charge in [0.05, 0.1) is 5.56 Å². The van der Waals surface area contributed by atoms with Crippen LogP contribution in [0.15, 0.2) is 18.2 Å². The predicted octanol–water partition coefficient (Wildman–Crippen LogP) is 1.83. The Kier molecular flexibility index (Phi) is 2.99. The lowest BCUT2D eigenvalue weighted by molar-refractivity contribution is -0.122. The molecule has 0 bridgehead atoms. The summed E-state index contributed by atoms with van der Waals surface area (Å²) in [6.07, 6.45) is 2.80. The van der Waals surface area contributed by atoms with E-state index in [1.807, 2.05) is 0 Å². The third-order valence-corrected chi connectivity index (χ3v) is 2.91. The van der Waals surface area contributed by atoms with Gasteiger partial charge in [0, 0.05) is 17.7 Å². The average molecular weight is 235 g/mol. The van der Waals surface area contributed by atoms with Crippen LogP contribution in [-0.4, -0.2) is 22.1 Å². The highest BCUT2D eigenvalue weighted by atomic mass is 16.4. The third-order valence-electron chi connectivity index (χ3n) is 2.91. The van der Waals surface area contributed by atoms with Crippen LogP contribution in [0.5, 0.6) is 5.75 Å². The molecule has 0 spiro atoms. The standard InChI is InChI=1S/C12H13NO4/c14-10-5-8(12(16)17)4-9(6-10)13-11(15)7-2-1-3-7/h4-7,14H,1-3H2,(H,13,15)(H,16,17). The largest absolute Gasteiger partial charge is 0.508 e. The minimum absolute atomic E-state index is 0.0191. The normalized spacial score (nSPS) is 15.1. The predicted molar refractivity (Wildman–Crippen MR) is 61.0 cm³/mol. The van der Waals surface area contributed by atoms with Crippen LogP contribution in [0.3, 0.4) is 0 Å². The summed E-state index contributed by atoms with van der Waals surface area (Å²) in [6.45, 7) is 0. The Hall–Kier alpha value is -2.04.